The molecule has 0 spiro atoms. The third kappa shape index (κ3) is 3.55. The molecule has 8 aliphatic carbocycles. The van der Waals surface area contributed by atoms with Crippen molar-refractivity contribution in [2.24, 2.45) is 47.3 Å². The van der Waals surface area contributed by atoms with Gasteiger partial charge in [-0.05, 0) is 122 Å². The molecule has 0 N–H and O–H groups in total. The molecule has 0 aliphatic heterocycles. The Morgan fingerprint density at radius 2 is 0.743 bits per heavy atom. The van der Waals surface area contributed by atoms with E-state index in [0.29, 0.717) is 12.2 Å². The van der Waals surface area contributed by atoms with Crippen LogP contribution in [-0.2, 0) is 8.85 Å². The lowest BCUT2D eigenvalue weighted by Crippen LogP contribution is -2.70. The first-order valence-corrected chi connectivity index (χ1v) is 16.5. The highest BCUT2D eigenvalue weighted by molar-refractivity contribution is 6.92. The van der Waals surface area contributed by atoms with Crippen molar-refractivity contribution < 1.29 is 8.85 Å². The van der Waals surface area contributed by atoms with Crippen molar-refractivity contribution in [1.29, 1.82) is 0 Å². The van der Waals surface area contributed by atoms with Gasteiger partial charge in [0.05, 0.1) is 12.2 Å². The van der Waals surface area contributed by atoms with Crippen LogP contribution in [0.15, 0.2) is 60.7 Å². The topological polar surface area (TPSA) is 18.5 Å². The van der Waals surface area contributed by atoms with E-state index in [4.69, 9.17) is 8.85 Å². The average Bonchev–Trinajstić information content (AvgIpc) is 2.87. The van der Waals surface area contributed by atoms with Crippen LogP contribution in [0.1, 0.15) is 64.2 Å². The van der Waals surface area contributed by atoms with E-state index < -0.39 is 8.56 Å². The van der Waals surface area contributed by atoms with E-state index in [2.05, 4.69) is 60.7 Å². The Balaban J connectivity index is 1.22. The Labute approximate surface area is 212 Å². The Hall–Kier alpha value is -1.42. The van der Waals surface area contributed by atoms with Crippen molar-refractivity contribution >= 4 is 18.9 Å². The monoisotopic (exact) mass is 484 g/mol. The summed E-state index contributed by atoms with van der Waals surface area (Å²) in [7, 11) is -2.87. The van der Waals surface area contributed by atoms with E-state index in [1.807, 2.05) is 0 Å². The number of benzene rings is 2. The molecular weight excluding hydrogens is 444 g/mol. The standard InChI is InChI=1S/C32H40O2Si/c1-3-7-29(8-4-1)35(30-9-5-2-6-10-30,33-31-25-13-21-11-22(15-25)16-26(31)14-21)34-32-27-17-23-12-24(19-27)20-28(32)18-23/h1-10,21-28,31-32H,11-20H2. The summed E-state index contributed by atoms with van der Waals surface area (Å²) in [6.07, 6.45) is 14.9. The summed E-state index contributed by atoms with van der Waals surface area (Å²) >= 11 is 0. The summed E-state index contributed by atoms with van der Waals surface area (Å²) in [5, 5.41) is 2.66. The van der Waals surface area contributed by atoms with Gasteiger partial charge >= 0.3 is 8.56 Å². The average molecular weight is 485 g/mol. The molecule has 2 nitrogen and oxygen atoms in total. The van der Waals surface area contributed by atoms with Gasteiger partial charge in [-0.15, -0.1) is 0 Å². The minimum atomic E-state index is -2.87. The molecule has 3 heteroatoms. The molecule has 8 aliphatic rings. The fraction of sp³-hybridized carbons (Fsp3) is 0.625. The molecule has 0 heterocycles. The van der Waals surface area contributed by atoms with E-state index in [1.54, 1.807) is 0 Å². The van der Waals surface area contributed by atoms with Gasteiger partial charge in [-0.1, -0.05) is 60.7 Å². The smallest absolute Gasteiger partial charge is 0.384 e. The van der Waals surface area contributed by atoms with Crippen LogP contribution in [0.3, 0.4) is 0 Å². The van der Waals surface area contributed by atoms with Crippen LogP contribution in [0.5, 0.6) is 0 Å². The van der Waals surface area contributed by atoms with Crippen molar-refractivity contribution in [3.8, 4) is 0 Å². The van der Waals surface area contributed by atoms with Crippen LogP contribution >= 0.6 is 0 Å². The molecule has 8 fully saturated rings. The zero-order chi connectivity index (χ0) is 23.0. The van der Waals surface area contributed by atoms with E-state index in [-0.39, 0.29) is 0 Å². The van der Waals surface area contributed by atoms with Crippen molar-refractivity contribution in [3.63, 3.8) is 0 Å². The second-order valence-electron chi connectivity index (χ2n) is 13.4. The van der Waals surface area contributed by atoms with Gasteiger partial charge in [0, 0.05) is 0 Å². The normalized spacial score (nSPS) is 43.1. The van der Waals surface area contributed by atoms with Crippen molar-refractivity contribution in [2.75, 3.05) is 0 Å². The molecule has 0 aromatic heterocycles. The van der Waals surface area contributed by atoms with Gasteiger partial charge in [-0.25, -0.2) is 0 Å². The van der Waals surface area contributed by atoms with Gasteiger partial charge < -0.3 is 8.85 Å². The largest absolute Gasteiger partial charge is 0.407 e. The molecule has 0 saturated heterocycles. The maximum atomic E-state index is 7.71. The van der Waals surface area contributed by atoms with Crippen molar-refractivity contribution in [3.05, 3.63) is 60.7 Å². The Kier molecular flexibility index (Phi) is 5.13. The molecule has 35 heavy (non-hydrogen) atoms. The molecular formula is C32H40O2Si. The number of rotatable bonds is 6. The second-order valence-corrected chi connectivity index (χ2v) is 16.2. The molecule has 2 aromatic rings. The maximum absolute atomic E-state index is 7.71. The van der Waals surface area contributed by atoms with Crippen LogP contribution < -0.4 is 10.4 Å². The fourth-order valence-corrected chi connectivity index (χ4v) is 14.0. The van der Waals surface area contributed by atoms with Crippen LogP contribution in [-0.4, -0.2) is 20.8 Å². The predicted molar refractivity (Wildman–Crippen MR) is 142 cm³/mol. The van der Waals surface area contributed by atoms with E-state index in [9.17, 15) is 0 Å². The lowest BCUT2D eigenvalue weighted by molar-refractivity contribution is -0.116. The summed E-state index contributed by atoms with van der Waals surface area (Å²) in [6.45, 7) is 0. The highest BCUT2D eigenvalue weighted by Crippen LogP contribution is 2.57. The zero-order valence-electron chi connectivity index (χ0n) is 20.9. The molecule has 0 amide bonds. The van der Waals surface area contributed by atoms with Gasteiger partial charge in [0.2, 0.25) is 0 Å². The minimum Gasteiger partial charge on any atom is -0.384 e. The van der Waals surface area contributed by atoms with Crippen LogP contribution in [0.25, 0.3) is 0 Å². The minimum absolute atomic E-state index is 0.381. The van der Waals surface area contributed by atoms with Gasteiger partial charge in [-0.3, -0.25) is 0 Å². The Morgan fingerprint density at radius 1 is 0.429 bits per heavy atom. The lowest BCUT2D eigenvalue weighted by atomic mass is 9.55. The molecule has 10 rings (SSSR count). The van der Waals surface area contributed by atoms with E-state index in [0.717, 1.165) is 47.3 Å². The summed E-state index contributed by atoms with van der Waals surface area (Å²) in [5.74, 6) is 6.83. The summed E-state index contributed by atoms with van der Waals surface area (Å²) in [4.78, 5) is 0. The highest BCUT2D eigenvalue weighted by Gasteiger charge is 2.57. The Morgan fingerprint density at radius 3 is 1.06 bits per heavy atom. The summed E-state index contributed by atoms with van der Waals surface area (Å²) in [6, 6.07) is 22.4. The molecule has 0 unspecified atom stereocenters. The second kappa shape index (κ2) is 8.30. The van der Waals surface area contributed by atoms with Crippen molar-refractivity contribution in [1.82, 2.24) is 0 Å². The third-order valence-electron chi connectivity index (χ3n) is 11.2. The number of hydrogen-bond donors (Lipinski definition) is 0. The molecule has 8 saturated carbocycles. The highest BCUT2D eigenvalue weighted by atomic mass is 28.4. The molecule has 2 aromatic carbocycles. The van der Waals surface area contributed by atoms with E-state index in [1.165, 1.54) is 74.6 Å². The summed E-state index contributed by atoms with van der Waals surface area (Å²) in [5.41, 5.74) is 0. The first kappa shape index (κ1) is 21.6. The maximum Gasteiger partial charge on any atom is 0.407 e. The van der Waals surface area contributed by atoms with Gasteiger partial charge in [0.15, 0.2) is 0 Å². The zero-order valence-corrected chi connectivity index (χ0v) is 21.9. The Bertz CT molecular complexity index is 910. The number of hydrogen-bond acceptors (Lipinski definition) is 2. The van der Waals surface area contributed by atoms with Crippen LogP contribution in [0, 0.1) is 47.3 Å². The lowest BCUT2D eigenvalue weighted by Gasteiger charge is -2.58. The van der Waals surface area contributed by atoms with Crippen molar-refractivity contribution in [2.45, 2.75) is 76.4 Å². The fourth-order valence-electron chi connectivity index (χ4n) is 10.3. The molecule has 0 atom stereocenters. The predicted octanol–water partition coefficient (Wildman–Crippen LogP) is 5.93. The molecule has 184 valence electrons. The molecule has 0 radical (unpaired) electrons. The van der Waals surface area contributed by atoms with Gasteiger partial charge in [0.25, 0.3) is 0 Å². The van der Waals surface area contributed by atoms with Gasteiger partial charge in [0.1, 0.15) is 0 Å². The SMILES string of the molecule is c1ccc([Si](OC2C3CC4CC(C3)CC2C4)(OC2C3CC4CC(C3)CC2C4)c2ccccc2)cc1. The first-order valence-electron chi connectivity index (χ1n) is 14.7. The van der Waals surface area contributed by atoms with E-state index >= 15 is 0 Å². The van der Waals surface area contributed by atoms with Crippen LogP contribution in [0.2, 0.25) is 0 Å². The third-order valence-corrected chi connectivity index (χ3v) is 14.6. The molecule has 8 bridgehead atoms. The first-order chi connectivity index (χ1) is 17.2. The van der Waals surface area contributed by atoms with Gasteiger partial charge in [-0.2, -0.15) is 0 Å². The van der Waals surface area contributed by atoms with Crippen LogP contribution in [0.4, 0.5) is 0 Å². The summed E-state index contributed by atoms with van der Waals surface area (Å²) < 4.78 is 15.4. The quantitative estimate of drug-likeness (QED) is 0.474.